The number of aromatic nitrogens is 1. The van der Waals surface area contributed by atoms with E-state index in [1.807, 2.05) is 20.8 Å². The second-order valence-corrected chi connectivity index (χ2v) is 4.46. The molecule has 1 atom stereocenters. The molecule has 17 heavy (non-hydrogen) atoms. The van der Waals surface area contributed by atoms with Gasteiger partial charge in [-0.1, -0.05) is 20.8 Å². The lowest BCUT2D eigenvalue weighted by Gasteiger charge is -2.14. The maximum Gasteiger partial charge on any atom is 0.221 e. The van der Waals surface area contributed by atoms with Crippen molar-refractivity contribution in [3.05, 3.63) is 17.8 Å². The Morgan fingerprint density at radius 3 is 2.82 bits per heavy atom. The molecule has 0 spiro atoms. The Kier molecular flexibility index (Phi) is 5.15. The molecule has 3 N–H and O–H groups in total. The van der Waals surface area contributed by atoms with Crippen molar-refractivity contribution < 1.29 is 9.21 Å². The molecule has 1 rings (SSSR count). The van der Waals surface area contributed by atoms with Crippen LogP contribution in [0.4, 0.5) is 0 Å². The van der Waals surface area contributed by atoms with Crippen molar-refractivity contribution in [3.63, 3.8) is 0 Å². The molecular weight excluding hydrogens is 218 g/mol. The van der Waals surface area contributed by atoms with E-state index in [4.69, 9.17) is 10.2 Å². The highest BCUT2D eigenvalue weighted by Crippen LogP contribution is 2.05. The number of aryl methyl sites for hydroxylation is 1. The molecule has 0 saturated heterocycles. The number of amides is 1. The van der Waals surface area contributed by atoms with Crippen LogP contribution in [-0.4, -0.2) is 16.9 Å². The van der Waals surface area contributed by atoms with Crippen molar-refractivity contribution in [2.45, 2.75) is 46.2 Å². The van der Waals surface area contributed by atoms with Gasteiger partial charge in [0.1, 0.15) is 5.76 Å². The highest BCUT2D eigenvalue weighted by Gasteiger charge is 2.13. The number of carbonyl (C=O) groups is 1. The van der Waals surface area contributed by atoms with E-state index in [9.17, 15) is 4.79 Å². The molecule has 96 valence electrons. The monoisotopic (exact) mass is 239 g/mol. The molecule has 1 aromatic rings. The van der Waals surface area contributed by atoms with E-state index in [-0.39, 0.29) is 11.9 Å². The van der Waals surface area contributed by atoms with Gasteiger partial charge < -0.3 is 15.5 Å². The molecule has 1 heterocycles. The second-order valence-electron chi connectivity index (χ2n) is 4.46. The zero-order valence-corrected chi connectivity index (χ0v) is 10.7. The average Bonchev–Trinajstić information content (AvgIpc) is 2.74. The van der Waals surface area contributed by atoms with Gasteiger partial charge in [-0.3, -0.25) is 4.79 Å². The smallest absolute Gasteiger partial charge is 0.221 e. The summed E-state index contributed by atoms with van der Waals surface area (Å²) in [5, 5.41) is 2.75. The highest BCUT2D eigenvalue weighted by atomic mass is 16.4. The van der Waals surface area contributed by atoms with Crippen LogP contribution in [0.2, 0.25) is 0 Å². The van der Waals surface area contributed by atoms with Crippen LogP contribution < -0.4 is 11.1 Å². The van der Waals surface area contributed by atoms with Gasteiger partial charge >= 0.3 is 0 Å². The quantitative estimate of drug-likeness (QED) is 0.782. The van der Waals surface area contributed by atoms with Crippen LogP contribution in [0.3, 0.4) is 0 Å². The Labute approximate surface area is 102 Å². The molecule has 0 fully saturated rings. The van der Waals surface area contributed by atoms with Crippen LogP contribution in [0, 0.1) is 5.92 Å². The summed E-state index contributed by atoms with van der Waals surface area (Å²) in [5.41, 5.74) is 5.81. The van der Waals surface area contributed by atoms with E-state index in [0.29, 0.717) is 24.8 Å². The van der Waals surface area contributed by atoms with E-state index >= 15 is 0 Å². The van der Waals surface area contributed by atoms with Gasteiger partial charge in [-0.2, -0.15) is 0 Å². The molecule has 0 aliphatic rings. The first kappa shape index (κ1) is 13.7. The summed E-state index contributed by atoms with van der Waals surface area (Å²) in [6, 6.07) is -0.106. The Balaban J connectivity index is 2.33. The molecule has 5 heteroatoms. The topological polar surface area (TPSA) is 81.2 Å². The molecule has 5 nitrogen and oxygen atoms in total. The molecule has 0 aliphatic carbocycles. The summed E-state index contributed by atoms with van der Waals surface area (Å²) in [7, 11) is 0. The lowest BCUT2D eigenvalue weighted by molar-refractivity contribution is -0.121. The molecule has 0 bridgehead atoms. The van der Waals surface area contributed by atoms with Gasteiger partial charge in [0.05, 0.1) is 12.7 Å². The Bertz CT molecular complexity index is 360. The summed E-state index contributed by atoms with van der Waals surface area (Å²) < 4.78 is 5.38. The average molecular weight is 239 g/mol. The van der Waals surface area contributed by atoms with Crippen molar-refractivity contribution >= 4 is 5.91 Å². The van der Waals surface area contributed by atoms with E-state index < -0.39 is 0 Å². The Hall–Kier alpha value is -1.36. The lowest BCUT2D eigenvalue weighted by atomic mass is 10.0. The van der Waals surface area contributed by atoms with Gasteiger partial charge in [0.25, 0.3) is 0 Å². The molecule has 1 aromatic heterocycles. The lowest BCUT2D eigenvalue weighted by Crippen LogP contribution is -2.34. The molecule has 0 radical (unpaired) electrons. The normalized spacial score (nSPS) is 12.8. The van der Waals surface area contributed by atoms with Crippen molar-refractivity contribution in [2.24, 2.45) is 11.7 Å². The summed E-state index contributed by atoms with van der Waals surface area (Å²) in [4.78, 5) is 15.6. The first-order chi connectivity index (χ1) is 8.02. The number of carbonyl (C=O) groups excluding carboxylic acids is 1. The highest BCUT2D eigenvalue weighted by molar-refractivity contribution is 5.76. The third kappa shape index (κ3) is 4.56. The third-order valence-electron chi connectivity index (χ3n) is 2.66. The van der Waals surface area contributed by atoms with Gasteiger partial charge in [-0.25, -0.2) is 4.98 Å². The van der Waals surface area contributed by atoms with Gasteiger partial charge in [0.2, 0.25) is 11.8 Å². The number of hydrogen-bond donors (Lipinski definition) is 2. The number of hydrogen-bond acceptors (Lipinski definition) is 4. The van der Waals surface area contributed by atoms with Gasteiger partial charge in [-0.05, 0) is 5.92 Å². The number of nitrogens with one attached hydrogen (secondary N) is 1. The maximum atomic E-state index is 11.5. The van der Waals surface area contributed by atoms with Crippen LogP contribution in [0.1, 0.15) is 38.8 Å². The Morgan fingerprint density at radius 1 is 1.59 bits per heavy atom. The van der Waals surface area contributed by atoms with Crippen molar-refractivity contribution in [1.29, 1.82) is 0 Å². The van der Waals surface area contributed by atoms with E-state index in [2.05, 4.69) is 10.3 Å². The number of nitrogens with zero attached hydrogens (tertiary/aromatic N) is 1. The summed E-state index contributed by atoms with van der Waals surface area (Å²) in [6.07, 6.45) is 2.82. The summed E-state index contributed by atoms with van der Waals surface area (Å²) in [5.74, 6) is 1.60. The zero-order valence-electron chi connectivity index (χ0n) is 10.7. The number of nitrogens with two attached hydrogens (primary N) is 1. The number of rotatable bonds is 6. The minimum absolute atomic E-state index is 0.0672. The summed E-state index contributed by atoms with van der Waals surface area (Å²) >= 11 is 0. The predicted octanol–water partition coefficient (Wildman–Crippen LogP) is 1.23. The summed E-state index contributed by atoms with van der Waals surface area (Å²) in [6.45, 7) is 6.31. The van der Waals surface area contributed by atoms with Crippen LogP contribution in [0.15, 0.2) is 10.6 Å². The van der Waals surface area contributed by atoms with Gasteiger partial charge in [-0.15, -0.1) is 0 Å². The van der Waals surface area contributed by atoms with Crippen LogP contribution in [-0.2, 0) is 17.8 Å². The van der Waals surface area contributed by atoms with Crippen molar-refractivity contribution in [2.75, 3.05) is 0 Å². The molecule has 0 aliphatic heterocycles. The fourth-order valence-corrected chi connectivity index (χ4v) is 1.29. The molecule has 0 aromatic carbocycles. The molecular formula is C12H21N3O2. The SMILES string of the molecule is CCc1cnc(CNC(=O)CC(N)C(C)C)o1. The Morgan fingerprint density at radius 2 is 2.29 bits per heavy atom. The van der Waals surface area contributed by atoms with Gasteiger partial charge in [0.15, 0.2) is 0 Å². The fraction of sp³-hybridized carbons (Fsp3) is 0.667. The second kappa shape index (κ2) is 6.39. The fourth-order valence-electron chi connectivity index (χ4n) is 1.29. The van der Waals surface area contributed by atoms with Gasteiger partial charge in [0, 0.05) is 18.9 Å². The third-order valence-corrected chi connectivity index (χ3v) is 2.66. The minimum atomic E-state index is -0.106. The van der Waals surface area contributed by atoms with Crippen LogP contribution in [0.5, 0.6) is 0 Å². The molecule has 1 unspecified atom stereocenters. The minimum Gasteiger partial charge on any atom is -0.444 e. The molecule has 1 amide bonds. The largest absolute Gasteiger partial charge is 0.444 e. The van der Waals surface area contributed by atoms with Crippen molar-refractivity contribution in [3.8, 4) is 0 Å². The molecule has 0 saturated carbocycles. The van der Waals surface area contributed by atoms with E-state index in [0.717, 1.165) is 12.2 Å². The van der Waals surface area contributed by atoms with Crippen LogP contribution >= 0.6 is 0 Å². The first-order valence-electron chi connectivity index (χ1n) is 5.98. The first-order valence-corrected chi connectivity index (χ1v) is 5.98. The predicted molar refractivity (Wildman–Crippen MR) is 65.2 cm³/mol. The van der Waals surface area contributed by atoms with Crippen molar-refractivity contribution in [1.82, 2.24) is 10.3 Å². The van der Waals surface area contributed by atoms with E-state index in [1.165, 1.54) is 0 Å². The maximum absolute atomic E-state index is 11.5. The van der Waals surface area contributed by atoms with Crippen LogP contribution in [0.25, 0.3) is 0 Å². The zero-order chi connectivity index (χ0) is 12.8. The van der Waals surface area contributed by atoms with E-state index in [1.54, 1.807) is 6.20 Å². The standard InChI is InChI=1S/C12H21N3O2/c1-4-9-6-15-12(17-9)7-14-11(16)5-10(13)8(2)3/h6,8,10H,4-5,7,13H2,1-3H3,(H,14,16). The number of oxazole rings is 1.